The van der Waals surface area contributed by atoms with Gasteiger partial charge < -0.3 is 10.2 Å². The van der Waals surface area contributed by atoms with E-state index in [2.05, 4.69) is 42.6 Å². The summed E-state index contributed by atoms with van der Waals surface area (Å²) in [4.78, 5) is 2.16. The van der Waals surface area contributed by atoms with E-state index < -0.39 is 0 Å². The van der Waals surface area contributed by atoms with Crippen molar-refractivity contribution < 1.29 is 0 Å². The highest BCUT2D eigenvalue weighted by atomic mass is 35.5. The van der Waals surface area contributed by atoms with E-state index in [-0.39, 0.29) is 6.04 Å². The number of hydrogen-bond donors (Lipinski definition) is 1. The Morgan fingerprint density at radius 3 is 2.84 bits per heavy atom. The van der Waals surface area contributed by atoms with E-state index in [9.17, 15) is 0 Å². The van der Waals surface area contributed by atoms with Crippen molar-refractivity contribution in [1.82, 2.24) is 20.0 Å². The normalized spacial score (nSPS) is 13.2. The monoisotopic (exact) mass is 304 g/mol. The number of thioether (sulfide) groups is 1. The molecule has 1 aromatic heterocycles. The molecule has 1 unspecified atom stereocenters. The van der Waals surface area contributed by atoms with Gasteiger partial charge in [0.1, 0.15) is 0 Å². The summed E-state index contributed by atoms with van der Waals surface area (Å²) >= 11 is 8.15. The molecule has 110 valence electrons. The van der Waals surface area contributed by atoms with Crippen LogP contribution in [0.2, 0.25) is 5.02 Å². The van der Waals surface area contributed by atoms with Crippen molar-refractivity contribution in [2.24, 2.45) is 0 Å². The van der Waals surface area contributed by atoms with Gasteiger partial charge in [0, 0.05) is 12.3 Å². The van der Waals surface area contributed by atoms with Crippen LogP contribution in [0.15, 0.2) is 6.20 Å². The van der Waals surface area contributed by atoms with Crippen molar-refractivity contribution in [3.63, 3.8) is 0 Å². The summed E-state index contributed by atoms with van der Waals surface area (Å²) in [6.45, 7) is 5.01. The van der Waals surface area contributed by atoms with Crippen molar-refractivity contribution in [1.29, 1.82) is 0 Å². The summed E-state index contributed by atoms with van der Waals surface area (Å²) in [5.41, 5.74) is 1.12. The lowest BCUT2D eigenvalue weighted by atomic mass is 10.2. The summed E-state index contributed by atoms with van der Waals surface area (Å²) in [5, 5.41) is 8.73. The highest BCUT2D eigenvalue weighted by Crippen LogP contribution is 2.25. The minimum Gasteiger partial charge on any atom is -0.308 e. The fourth-order valence-corrected chi connectivity index (χ4v) is 2.79. The summed E-state index contributed by atoms with van der Waals surface area (Å²) in [6, 6.07) is 0.270. The molecular formula is C13H25ClN4S. The Labute approximate surface area is 125 Å². The van der Waals surface area contributed by atoms with Gasteiger partial charge in [-0.3, -0.25) is 4.68 Å². The van der Waals surface area contributed by atoms with E-state index >= 15 is 0 Å². The van der Waals surface area contributed by atoms with E-state index in [1.165, 1.54) is 0 Å². The zero-order chi connectivity index (χ0) is 14.3. The van der Waals surface area contributed by atoms with Crippen LogP contribution in [-0.4, -0.2) is 53.9 Å². The molecule has 1 heterocycles. The molecule has 0 bridgehead atoms. The first-order chi connectivity index (χ1) is 9.10. The Balaban J connectivity index is 2.83. The third kappa shape index (κ3) is 5.34. The Bertz CT molecular complexity index is 368. The molecule has 0 aliphatic carbocycles. The van der Waals surface area contributed by atoms with Crippen molar-refractivity contribution >= 4 is 23.4 Å². The lowest BCUT2D eigenvalue weighted by molar-refractivity contribution is 0.364. The predicted octanol–water partition coefficient (Wildman–Crippen LogP) is 2.50. The quantitative estimate of drug-likeness (QED) is 0.760. The Morgan fingerprint density at radius 1 is 1.53 bits per heavy atom. The maximum absolute atomic E-state index is 6.32. The van der Waals surface area contributed by atoms with Crippen LogP contribution in [0.3, 0.4) is 0 Å². The largest absolute Gasteiger partial charge is 0.308 e. The lowest BCUT2D eigenvalue weighted by Crippen LogP contribution is -2.28. The average Bonchev–Trinajstić information content (AvgIpc) is 2.73. The van der Waals surface area contributed by atoms with Gasteiger partial charge in [-0.15, -0.1) is 0 Å². The van der Waals surface area contributed by atoms with Gasteiger partial charge in [0.25, 0.3) is 0 Å². The second-order valence-corrected chi connectivity index (χ2v) is 6.18. The van der Waals surface area contributed by atoms with Crippen LogP contribution in [0.25, 0.3) is 0 Å². The topological polar surface area (TPSA) is 33.1 Å². The van der Waals surface area contributed by atoms with E-state index in [1.54, 1.807) is 6.20 Å². The van der Waals surface area contributed by atoms with Crippen LogP contribution in [0.1, 0.15) is 25.1 Å². The van der Waals surface area contributed by atoms with Gasteiger partial charge in [-0.2, -0.15) is 16.9 Å². The van der Waals surface area contributed by atoms with E-state index in [1.807, 2.05) is 16.4 Å². The van der Waals surface area contributed by atoms with E-state index in [0.717, 1.165) is 42.5 Å². The molecule has 0 aliphatic heterocycles. The van der Waals surface area contributed by atoms with Gasteiger partial charge in [-0.05, 0) is 33.3 Å². The average molecular weight is 305 g/mol. The molecule has 1 atom stereocenters. The van der Waals surface area contributed by atoms with Gasteiger partial charge in [0.15, 0.2) is 0 Å². The van der Waals surface area contributed by atoms with Crippen molar-refractivity contribution in [2.75, 3.05) is 39.2 Å². The standard InChI is InChI=1S/C13H25ClN4S/c1-5-6-15-12(10-19-4)13-11(14)9-16-18(13)8-7-17(2)3/h9,12,15H,5-8,10H2,1-4H3. The third-order valence-electron chi connectivity index (χ3n) is 2.90. The highest BCUT2D eigenvalue weighted by molar-refractivity contribution is 7.98. The molecule has 4 nitrogen and oxygen atoms in total. The molecule has 0 saturated carbocycles. The molecule has 1 rings (SSSR count). The van der Waals surface area contributed by atoms with Gasteiger partial charge in [-0.1, -0.05) is 18.5 Å². The summed E-state index contributed by atoms with van der Waals surface area (Å²) in [7, 11) is 4.14. The van der Waals surface area contributed by atoms with Crippen molar-refractivity contribution in [2.45, 2.75) is 25.9 Å². The summed E-state index contributed by atoms with van der Waals surface area (Å²) in [5.74, 6) is 1.01. The van der Waals surface area contributed by atoms with Gasteiger partial charge >= 0.3 is 0 Å². The van der Waals surface area contributed by atoms with Crippen molar-refractivity contribution in [3.8, 4) is 0 Å². The molecule has 0 aliphatic rings. The van der Waals surface area contributed by atoms with E-state index in [4.69, 9.17) is 11.6 Å². The number of halogens is 1. The van der Waals surface area contributed by atoms with Crippen molar-refractivity contribution in [3.05, 3.63) is 16.9 Å². The fraction of sp³-hybridized carbons (Fsp3) is 0.769. The first-order valence-corrected chi connectivity index (χ1v) is 8.45. The fourth-order valence-electron chi connectivity index (χ4n) is 1.91. The van der Waals surface area contributed by atoms with E-state index in [0.29, 0.717) is 0 Å². The second-order valence-electron chi connectivity index (χ2n) is 4.87. The van der Waals surface area contributed by atoms with Gasteiger partial charge in [0.05, 0.1) is 29.5 Å². The molecule has 0 radical (unpaired) electrons. The highest BCUT2D eigenvalue weighted by Gasteiger charge is 2.19. The molecule has 0 aromatic carbocycles. The lowest BCUT2D eigenvalue weighted by Gasteiger charge is -2.20. The number of nitrogens with zero attached hydrogens (tertiary/aromatic N) is 3. The van der Waals surface area contributed by atoms with Gasteiger partial charge in [-0.25, -0.2) is 0 Å². The smallest absolute Gasteiger partial charge is 0.0834 e. The van der Waals surface area contributed by atoms with Crippen LogP contribution in [0.4, 0.5) is 0 Å². The second kappa shape index (κ2) is 8.84. The maximum Gasteiger partial charge on any atom is 0.0834 e. The SMILES string of the molecule is CCCNC(CSC)c1c(Cl)cnn1CCN(C)C. The number of hydrogen-bond acceptors (Lipinski definition) is 4. The molecular weight excluding hydrogens is 280 g/mol. The third-order valence-corrected chi connectivity index (χ3v) is 3.85. The minimum atomic E-state index is 0.270. The maximum atomic E-state index is 6.32. The summed E-state index contributed by atoms with van der Waals surface area (Å²) in [6.07, 6.45) is 5.00. The molecule has 1 N–H and O–H groups in total. The van der Waals surface area contributed by atoms with Crippen LogP contribution in [0, 0.1) is 0 Å². The van der Waals surface area contributed by atoms with Crippen LogP contribution < -0.4 is 5.32 Å². The van der Waals surface area contributed by atoms with Crippen LogP contribution >= 0.6 is 23.4 Å². The Morgan fingerprint density at radius 2 is 2.26 bits per heavy atom. The molecule has 0 spiro atoms. The zero-order valence-corrected chi connectivity index (χ0v) is 13.9. The molecule has 1 aromatic rings. The Hall–Kier alpha value is -0.230. The van der Waals surface area contributed by atoms with Crippen LogP contribution in [0.5, 0.6) is 0 Å². The molecule has 6 heteroatoms. The Kier molecular flexibility index (Phi) is 7.83. The molecule has 0 fully saturated rings. The first-order valence-electron chi connectivity index (χ1n) is 6.68. The zero-order valence-electron chi connectivity index (χ0n) is 12.3. The number of likely N-dealkylation sites (N-methyl/N-ethyl adjacent to an activating group) is 1. The minimum absolute atomic E-state index is 0.270. The first kappa shape index (κ1) is 16.8. The number of nitrogens with one attached hydrogen (secondary N) is 1. The number of aromatic nitrogens is 2. The predicted molar refractivity (Wildman–Crippen MR) is 85.2 cm³/mol. The molecule has 0 amide bonds. The summed E-state index contributed by atoms with van der Waals surface area (Å²) < 4.78 is 2.03. The van der Waals surface area contributed by atoms with Gasteiger partial charge in [0.2, 0.25) is 0 Å². The number of rotatable bonds is 9. The molecule has 0 saturated heterocycles. The molecule has 19 heavy (non-hydrogen) atoms. The van der Waals surface area contributed by atoms with Crippen LogP contribution in [-0.2, 0) is 6.54 Å².